The number of aromatic nitrogens is 2. The van der Waals surface area contributed by atoms with Crippen molar-refractivity contribution in [1.82, 2.24) is 9.97 Å². The van der Waals surface area contributed by atoms with Crippen molar-refractivity contribution in [3.8, 4) is 0 Å². The van der Waals surface area contributed by atoms with E-state index in [0.29, 0.717) is 11.8 Å². The third-order valence-corrected chi connectivity index (χ3v) is 3.27. The van der Waals surface area contributed by atoms with Gasteiger partial charge in [0, 0.05) is 30.9 Å². The lowest BCUT2D eigenvalue weighted by Crippen LogP contribution is -2.08. The summed E-state index contributed by atoms with van der Waals surface area (Å²) in [7, 11) is 4.02. The second-order valence-corrected chi connectivity index (χ2v) is 5.02. The van der Waals surface area contributed by atoms with Crippen LogP contribution in [0.15, 0.2) is 48.5 Å². The first-order chi connectivity index (χ1) is 10.1. The largest absolute Gasteiger partial charge is 0.383 e. The molecular formula is C16H19Cl2N5. The smallest absolute Gasteiger partial charge is 0.229 e. The summed E-state index contributed by atoms with van der Waals surface area (Å²) in [6, 6.07) is 15.8. The molecule has 3 N–H and O–H groups in total. The quantitative estimate of drug-likeness (QED) is 0.749. The fourth-order valence-corrected chi connectivity index (χ4v) is 2.13. The summed E-state index contributed by atoms with van der Waals surface area (Å²) in [5.74, 6) is 0.983. The van der Waals surface area contributed by atoms with E-state index in [-0.39, 0.29) is 24.8 Å². The molecule has 0 aliphatic heterocycles. The molecular weight excluding hydrogens is 333 g/mol. The molecule has 0 amide bonds. The maximum atomic E-state index is 5.98. The summed E-state index contributed by atoms with van der Waals surface area (Å²) < 4.78 is 0. The van der Waals surface area contributed by atoms with E-state index in [0.717, 1.165) is 22.3 Å². The van der Waals surface area contributed by atoms with E-state index >= 15 is 0 Å². The molecule has 0 saturated heterocycles. The van der Waals surface area contributed by atoms with E-state index in [4.69, 9.17) is 5.73 Å². The normalized spacial score (nSPS) is 9.65. The monoisotopic (exact) mass is 351 g/mol. The van der Waals surface area contributed by atoms with Crippen LogP contribution < -0.4 is 16.0 Å². The molecule has 122 valence electrons. The highest BCUT2D eigenvalue weighted by Crippen LogP contribution is 2.22. The zero-order valence-electron chi connectivity index (χ0n) is 12.9. The third kappa shape index (κ3) is 4.15. The fourth-order valence-electron chi connectivity index (χ4n) is 2.13. The van der Waals surface area contributed by atoms with Gasteiger partial charge in [0.05, 0.1) is 5.52 Å². The number of anilines is 4. The topological polar surface area (TPSA) is 67.1 Å². The first-order valence-corrected chi connectivity index (χ1v) is 6.70. The molecule has 0 aliphatic carbocycles. The summed E-state index contributed by atoms with van der Waals surface area (Å²) >= 11 is 0. The second kappa shape index (κ2) is 7.85. The van der Waals surface area contributed by atoms with Crippen molar-refractivity contribution >= 4 is 58.9 Å². The zero-order chi connectivity index (χ0) is 14.8. The SMILES string of the molecule is CN(C)c1ccc(Nc2nc(N)c3ccccc3n2)cc1.Cl.Cl. The summed E-state index contributed by atoms with van der Waals surface area (Å²) in [6.07, 6.45) is 0. The fraction of sp³-hybridized carbons (Fsp3) is 0.125. The van der Waals surface area contributed by atoms with Crippen molar-refractivity contribution in [3.63, 3.8) is 0 Å². The van der Waals surface area contributed by atoms with Gasteiger partial charge in [0.1, 0.15) is 5.82 Å². The molecule has 0 radical (unpaired) electrons. The maximum absolute atomic E-state index is 5.98. The van der Waals surface area contributed by atoms with Crippen LogP contribution in [0, 0.1) is 0 Å². The van der Waals surface area contributed by atoms with Crippen LogP contribution in [0.5, 0.6) is 0 Å². The number of hydrogen-bond acceptors (Lipinski definition) is 5. The molecule has 23 heavy (non-hydrogen) atoms. The number of nitrogens with one attached hydrogen (secondary N) is 1. The minimum Gasteiger partial charge on any atom is -0.383 e. The van der Waals surface area contributed by atoms with E-state index in [1.165, 1.54) is 0 Å². The maximum Gasteiger partial charge on any atom is 0.229 e. The first kappa shape index (κ1) is 18.8. The lowest BCUT2D eigenvalue weighted by molar-refractivity contribution is 1.13. The number of halogens is 2. The number of nitrogen functional groups attached to an aromatic ring is 1. The van der Waals surface area contributed by atoms with E-state index in [1.807, 2.05) is 67.5 Å². The number of fused-ring (bicyclic) bond motifs is 1. The van der Waals surface area contributed by atoms with Gasteiger partial charge in [0.2, 0.25) is 5.95 Å². The van der Waals surface area contributed by atoms with Crippen molar-refractivity contribution < 1.29 is 0 Å². The summed E-state index contributed by atoms with van der Waals surface area (Å²) in [4.78, 5) is 10.8. The van der Waals surface area contributed by atoms with Crippen molar-refractivity contribution in [2.24, 2.45) is 0 Å². The average molecular weight is 352 g/mol. The van der Waals surface area contributed by atoms with Gasteiger partial charge in [-0.1, -0.05) is 12.1 Å². The highest BCUT2D eigenvalue weighted by Gasteiger charge is 2.05. The minimum absolute atomic E-state index is 0. The predicted molar refractivity (Wildman–Crippen MR) is 102 cm³/mol. The van der Waals surface area contributed by atoms with Gasteiger partial charge in [0.25, 0.3) is 0 Å². The Labute approximate surface area is 147 Å². The Morgan fingerprint density at radius 3 is 2.22 bits per heavy atom. The highest BCUT2D eigenvalue weighted by atomic mass is 35.5. The molecule has 0 bridgehead atoms. The molecule has 5 nitrogen and oxygen atoms in total. The van der Waals surface area contributed by atoms with Crippen LogP contribution in [-0.4, -0.2) is 24.1 Å². The number of nitrogens with two attached hydrogens (primary N) is 1. The Morgan fingerprint density at radius 2 is 1.57 bits per heavy atom. The lowest BCUT2D eigenvalue weighted by Gasteiger charge is -2.13. The highest BCUT2D eigenvalue weighted by molar-refractivity contribution is 5.89. The van der Waals surface area contributed by atoms with Crippen LogP contribution >= 0.6 is 24.8 Å². The molecule has 0 atom stereocenters. The van der Waals surface area contributed by atoms with Crippen molar-refractivity contribution in [3.05, 3.63) is 48.5 Å². The summed E-state index contributed by atoms with van der Waals surface area (Å²) in [5, 5.41) is 4.05. The van der Waals surface area contributed by atoms with E-state index in [1.54, 1.807) is 0 Å². The van der Waals surface area contributed by atoms with Crippen LogP contribution in [0.3, 0.4) is 0 Å². The van der Waals surface area contributed by atoms with Crippen molar-refractivity contribution in [1.29, 1.82) is 0 Å². The van der Waals surface area contributed by atoms with Gasteiger partial charge in [-0.05, 0) is 36.4 Å². The minimum atomic E-state index is 0. The average Bonchev–Trinajstić information content (AvgIpc) is 2.48. The number of hydrogen-bond donors (Lipinski definition) is 2. The van der Waals surface area contributed by atoms with Gasteiger partial charge in [0.15, 0.2) is 0 Å². The van der Waals surface area contributed by atoms with E-state index in [2.05, 4.69) is 15.3 Å². The van der Waals surface area contributed by atoms with Gasteiger partial charge in [-0.25, -0.2) is 4.98 Å². The molecule has 0 spiro atoms. The molecule has 0 saturated carbocycles. The molecule has 1 aromatic heterocycles. The van der Waals surface area contributed by atoms with Gasteiger partial charge in [-0.15, -0.1) is 24.8 Å². The standard InChI is InChI=1S/C16H17N5.2ClH/c1-21(2)12-9-7-11(8-10-12)18-16-19-14-6-4-3-5-13(14)15(17)20-16;;/h3-10H,1-2H3,(H3,17,18,19,20);2*1H. The summed E-state index contributed by atoms with van der Waals surface area (Å²) in [5.41, 5.74) is 8.87. The molecule has 0 aliphatic rings. The number of rotatable bonds is 3. The van der Waals surface area contributed by atoms with Crippen molar-refractivity contribution in [2.45, 2.75) is 0 Å². The van der Waals surface area contributed by atoms with Crippen LogP contribution in [0.2, 0.25) is 0 Å². The molecule has 0 fully saturated rings. The molecule has 0 unspecified atom stereocenters. The zero-order valence-corrected chi connectivity index (χ0v) is 14.5. The Bertz CT molecular complexity index is 775. The van der Waals surface area contributed by atoms with Crippen molar-refractivity contribution in [2.75, 3.05) is 30.0 Å². The molecule has 3 rings (SSSR count). The van der Waals surface area contributed by atoms with E-state index < -0.39 is 0 Å². The van der Waals surface area contributed by atoms with Crippen LogP contribution in [0.4, 0.5) is 23.1 Å². The summed E-state index contributed by atoms with van der Waals surface area (Å²) in [6.45, 7) is 0. The van der Waals surface area contributed by atoms with Gasteiger partial charge >= 0.3 is 0 Å². The molecule has 2 aromatic carbocycles. The third-order valence-electron chi connectivity index (χ3n) is 3.27. The Hall–Kier alpha value is -2.24. The van der Waals surface area contributed by atoms with Crippen LogP contribution in [-0.2, 0) is 0 Å². The number of benzene rings is 2. The van der Waals surface area contributed by atoms with Gasteiger partial charge in [-0.3, -0.25) is 0 Å². The van der Waals surface area contributed by atoms with Crippen LogP contribution in [0.1, 0.15) is 0 Å². The second-order valence-electron chi connectivity index (χ2n) is 5.02. The first-order valence-electron chi connectivity index (χ1n) is 6.70. The van der Waals surface area contributed by atoms with Gasteiger partial charge in [-0.2, -0.15) is 4.98 Å². The molecule has 1 heterocycles. The lowest BCUT2D eigenvalue weighted by atomic mass is 10.2. The Balaban J connectivity index is 0.00000132. The molecule has 3 aromatic rings. The van der Waals surface area contributed by atoms with Crippen LogP contribution in [0.25, 0.3) is 10.9 Å². The Morgan fingerprint density at radius 1 is 0.913 bits per heavy atom. The molecule has 7 heteroatoms. The van der Waals surface area contributed by atoms with Gasteiger partial charge < -0.3 is 16.0 Å². The number of para-hydroxylation sites is 1. The predicted octanol–water partition coefficient (Wildman–Crippen LogP) is 3.87. The van der Waals surface area contributed by atoms with E-state index in [9.17, 15) is 0 Å². The number of nitrogens with zero attached hydrogens (tertiary/aromatic N) is 3. The Kier molecular flexibility index (Phi) is 6.42.